The van der Waals surface area contributed by atoms with Crippen LogP contribution in [0.1, 0.15) is 130 Å². The summed E-state index contributed by atoms with van der Waals surface area (Å²) in [5.74, 6) is 1.49. The van der Waals surface area contributed by atoms with Crippen LogP contribution >= 0.6 is 11.6 Å². The van der Waals surface area contributed by atoms with E-state index >= 15 is 0 Å². The zero-order valence-corrected chi connectivity index (χ0v) is 35.0. The molecule has 3 aromatic rings. The van der Waals surface area contributed by atoms with Crippen molar-refractivity contribution >= 4 is 17.4 Å². The quantitative estimate of drug-likeness (QED) is 0.119. The first-order valence-electron chi connectivity index (χ1n) is 21.7. The van der Waals surface area contributed by atoms with E-state index in [9.17, 15) is 38.4 Å². The van der Waals surface area contributed by atoms with Gasteiger partial charge in [0.2, 0.25) is 5.78 Å². The van der Waals surface area contributed by atoms with Crippen LogP contribution in [0, 0.1) is 28.6 Å². The molecular weight excluding hydrogens is 779 g/mol. The van der Waals surface area contributed by atoms with Crippen LogP contribution in [0.2, 0.25) is 5.02 Å². The first-order valence-corrected chi connectivity index (χ1v) is 22.1. The second-order valence-electron chi connectivity index (χ2n) is 19.6. The number of benzene rings is 2. The van der Waals surface area contributed by atoms with Crippen molar-refractivity contribution in [2.45, 2.75) is 127 Å². The average molecular weight is 838 g/mol. The highest BCUT2D eigenvalue weighted by molar-refractivity contribution is 6.33. The van der Waals surface area contributed by atoms with E-state index in [2.05, 4.69) is 24.8 Å². The van der Waals surface area contributed by atoms with E-state index in [1.54, 1.807) is 0 Å². The van der Waals surface area contributed by atoms with Crippen LogP contribution in [-0.2, 0) is 12.6 Å². The van der Waals surface area contributed by atoms with Gasteiger partial charge in [-0.15, -0.1) is 0 Å². The van der Waals surface area contributed by atoms with E-state index < -0.39 is 40.7 Å². The van der Waals surface area contributed by atoms with Gasteiger partial charge in [0, 0.05) is 36.2 Å². The van der Waals surface area contributed by atoms with Gasteiger partial charge in [-0.2, -0.15) is 13.2 Å². The number of rotatable bonds is 10. The van der Waals surface area contributed by atoms with Gasteiger partial charge in [0.1, 0.15) is 5.76 Å². The standard InChI is InChI=1S/C48H59ClF3NO6/c1-29-4-3-14-45(2)40(13-15-47(45,58)28-53(25-36(56)26-54)27-46-22-31-16-32(23-46)18-33(17-31)24-46)37-9-6-30(19-35(55)8-5-29)20-38(37)44(57)43-12-11-42(59-43)39-21-34(48(50,51)52)7-10-41(39)49/h4,6-7,9-12,20-21,31-33,35-36,40,54-56,58H,3,5,8,13-19,22-28H2,1-2H3. The molecule has 5 unspecified atom stereocenters. The molecule has 0 amide bonds. The lowest BCUT2D eigenvalue weighted by molar-refractivity contribution is -0.137. The van der Waals surface area contributed by atoms with Gasteiger partial charge in [-0.1, -0.05) is 42.3 Å². The minimum atomic E-state index is -4.60. The van der Waals surface area contributed by atoms with Crippen LogP contribution in [0.5, 0.6) is 0 Å². The number of carbonyl (C=O) groups excluding carboxylic acids is 1. The second-order valence-corrected chi connectivity index (χ2v) is 20.0. The van der Waals surface area contributed by atoms with E-state index in [1.165, 1.54) is 62.3 Å². The summed E-state index contributed by atoms with van der Waals surface area (Å²) in [4.78, 5) is 17.0. The van der Waals surface area contributed by atoms with Crippen molar-refractivity contribution in [3.05, 3.63) is 93.2 Å². The molecule has 4 N–H and O–H groups in total. The number of ketones is 1. The van der Waals surface area contributed by atoms with Crippen molar-refractivity contribution in [3.8, 4) is 11.3 Å². The number of hydrogen-bond acceptors (Lipinski definition) is 7. The van der Waals surface area contributed by atoms with Gasteiger partial charge in [0.15, 0.2) is 5.76 Å². The maximum atomic E-state index is 14.7. The minimum Gasteiger partial charge on any atom is -0.453 e. The number of nitrogens with zero attached hydrogens (tertiary/aromatic N) is 1. The molecule has 5 atom stereocenters. The molecule has 0 saturated heterocycles. The van der Waals surface area contributed by atoms with Crippen LogP contribution in [0.15, 0.2) is 64.6 Å². The van der Waals surface area contributed by atoms with Gasteiger partial charge in [-0.3, -0.25) is 9.69 Å². The monoisotopic (exact) mass is 837 g/mol. The predicted octanol–water partition coefficient (Wildman–Crippen LogP) is 9.76. The van der Waals surface area contributed by atoms with Crippen LogP contribution in [0.25, 0.3) is 11.3 Å². The van der Waals surface area contributed by atoms with E-state index in [-0.39, 0.29) is 46.6 Å². The van der Waals surface area contributed by atoms with Gasteiger partial charge in [-0.05, 0) is 167 Å². The Morgan fingerprint density at radius 1 is 0.983 bits per heavy atom. The Morgan fingerprint density at radius 2 is 1.69 bits per heavy atom. The molecule has 0 spiro atoms. The lowest BCUT2D eigenvalue weighted by Crippen LogP contribution is -2.57. The van der Waals surface area contributed by atoms with Crippen LogP contribution in [-0.4, -0.2) is 75.2 Å². The first kappa shape index (κ1) is 42.7. The molecule has 0 radical (unpaired) electrons. The lowest BCUT2D eigenvalue weighted by Gasteiger charge is -2.58. The predicted molar refractivity (Wildman–Crippen MR) is 221 cm³/mol. The lowest BCUT2D eigenvalue weighted by atomic mass is 9.49. The number of halogens is 4. The first-order chi connectivity index (χ1) is 28.0. The highest BCUT2D eigenvalue weighted by Gasteiger charge is 2.58. The number of aliphatic hydroxyl groups excluding tert-OH is 3. The fourth-order valence-corrected chi connectivity index (χ4v) is 12.9. The Balaban J connectivity index is 1.16. The summed E-state index contributed by atoms with van der Waals surface area (Å²) < 4.78 is 47.0. The molecule has 10 rings (SSSR count). The van der Waals surface area contributed by atoms with Gasteiger partial charge in [0.25, 0.3) is 0 Å². The van der Waals surface area contributed by atoms with Crippen molar-refractivity contribution in [2.75, 3.05) is 26.2 Å². The Hall–Kier alpha value is -2.99. The minimum absolute atomic E-state index is 0.0216. The zero-order chi connectivity index (χ0) is 41.9. The SMILES string of the molecule is CC1=CCCC2(C)C(CCC2(O)CN(CC(O)CO)CC23CC4CC(CC(C4)C2)C3)c2ccc(cc2C(=O)c2ccc(-c3cc(C(F)(F)F)ccc3Cl)o2)CC(O)CC1. The van der Waals surface area contributed by atoms with Crippen LogP contribution < -0.4 is 0 Å². The molecule has 5 saturated carbocycles. The third-order valence-electron chi connectivity index (χ3n) is 15.2. The molecule has 1 aromatic heterocycles. The molecule has 6 bridgehead atoms. The van der Waals surface area contributed by atoms with E-state index in [1.807, 2.05) is 18.2 Å². The highest BCUT2D eigenvalue weighted by atomic mass is 35.5. The molecule has 7 aliphatic rings. The normalized spacial score (nSPS) is 32.6. The molecule has 5 fully saturated rings. The van der Waals surface area contributed by atoms with Crippen molar-refractivity contribution in [1.29, 1.82) is 0 Å². The van der Waals surface area contributed by atoms with Crippen molar-refractivity contribution in [1.82, 2.24) is 4.90 Å². The molecule has 320 valence electrons. The summed E-state index contributed by atoms with van der Waals surface area (Å²) in [6.45, 7) is 5.22. The fraction of sp³-hybridized carbons (Fsp3) is 0.604. The number of fused-ring (bicyclic) bond motifs is 8. The Kier molecular flexibility index (Phi) is 11.8. The van der Waals surface area contributed by atoms with Gasteiger partial charge in [0.05, 0.1) is 35.0 Å². The average Bonchev–Trinajstić information content (AvgIpc) is 3.75. The molecule has 2 aromatic carbocycles. The summed E-state index contributed by atoms with van der Waals surface area (Å²) in [5, 5.41) is 45.3. The fourth-order valence-electron chi connectivity index (χ4n) is 12.7. The molecule has 59 heavy (non-hydrogen) atoms. The Bertz CT molecular complexity index is 2030. The summed E-state index contributed by atoms with van der Waals surface area (Å²) in [6.07, 6.45) is 7.44. The molecule has 7 aliphatic carbocycles. The third-order valence-corrected chi connectivity index (χ3v) is 15.5. The maximum Gasteiger partial charge on any atom is 0.416 e. The molecule has 0 aliphatic heterocycles. The van der Waals surface area contributed by atoms with E-state index in [0.29, 0.717) is 57.1 Å². The number of aliphatic hydroxyl groups is 4. The van der Waals surface area contributed by atoms with Gasteiger partial charge < -0.3 is 24.8 Å². The molecule has 1 heterocycles. The van der Waals surface area contributed by atoms with Crippen LogP contribution in [0.3, 0.4) is 0 Å². The summed E-state index contributed by atoms with van der Waals surface area (Å²) >= 11 is 6.36. The van der Waals surface area contributed by atoms with Gasteiger partial charge >= 0.3 is 6.18 Å². The number of alkyl halides is 3. The smallest absolute Gasteiger partial charge is 0.416 e. The number of furan rings is 1. The van der Waals surface area contributed by atoms with E-state index in [0.717, 1.165) is 47.6 Å². The maximum absolute atomic E-state index is 14.7. The summed E-state index contributed by atoms with van der Waals surface area (Å²) in [5.41, 5.74) is 0.412. The number of allylic oxidation sites excluding steroid dienone is 2. The summed E-state index contributed by atoms with van der Waals surface area (Å²) in [7, 11) is 0. The second kappa shape index (κ2) is 16.4. The third kappa shape index (κ3) is 8.61. The largest absolute Gasteiger partial charge is 0.453 e. The number of carbonyl (C=O) groups is 1. The number of hydrogen-bond donors (Lipinski definition) is 4. The van der Waals surface area contributed by atoms with E-state index in [4.69, 9.17) is 16.0 Å². The van der Waals surface area contributed by atoms with Crippen LogP contribution in [0.4, 0.5) is 13.2 Å². The zero-order valence-electron chi connectivity index (χ0n) is 34.2. The van der Waals surface area contributed by atoms with Crippen molar-refractivity contribution in [3.63, 3.8) is 0 Å². The topological polar surface area (TPSA) is 114 Å². The highest BCUT2D eigenvalue weighted by Crippen LogP contribution is 2.62. The van der Waals surface area contributed by atoms with Gasteiger partial charge in [-0.25, -0.2) is 0 Å². The Labute approximate surface area is 350 Å². The Morgan fingerprint density at radius 3 is 2.37 bits per heavy atom. The molecule has 11 heteroatoms. The molecular formula is C48H59ClF3NO6. The summed E-state index contributed by atoms with van der Waals surface area (Å²) in [6, 6.07) is 11.6. The molecule has 7 nitrogen and oxygen atoms in total. The van der Waals surface area contributed by atoms with Crippen molar-refractivity contribution < 1.29 is 42.8 Å². The van der Waals surface area contributed by atoms with Crippen molar-refractivity contribution in [2.24, 2.45) is 28.6 Å².